The van der Waals surface area contributed by atoms with Gasteiger partial charge in [0.05, 0.1) is 13.7 Å². The van der Waals surface area contributed by atoms with Crippen LogP contribution in [-0.2, 0) is 7.05 Å². The predicted octanol–water partition coefficient (Wildman–Crippen LogP) is 2.51. The van der Waals surface area contributed by atoms with Gasteiger partial charge in [-0.05, 0) is 19.1 Å². The van der Waals surface area contributed by atoms with Crippen LogP contribution in [0.2, 0.25) is 5.15 Å². The summed E-state index contributed by atoms with van der Waals surface area (Å²) < 4.78 is 12.1. The Morgan fingerprint density at radius 2 is 2.00 bits per heavy atom. The van der Waals surface area contributed by atoms with E-state index in [1.54, 1.807) is 32.4 Å². The molecule has 106 valence electrons. The molecule has 0 amide bonds. The Morgan fingerprint density at radius 1 is 1.30 bits per heavy atom. The number of aryl methyl sites for hydroxylation is 1. The zero-order valence-electron chi connectivity index (χ0n) is 11.5. The fraction of sp³-hybridized carbons (Fsp3) is 0.286. The van der Waals surface area contributed by atoms with Gasteiger partial charge < -0.3 is 14.0 Å². The minimum absolute atomic E-state index is 0.231. The lowest BCUT2D eigenvalue weighted by Crippen LogP contribution is -2.19. The van der Waals surface area contributed by atoms with Crippen LogP contribution in [0.3, 0.4) is 0 Å². The molecular formula is C14H15ClN2O3. The lowest BCUT2D eigenvalue weighted by Gasteiger charge is -2.10. The molecule has 5 nitrogen and oxygen atoms in total. The van der Waals surface area contributed by atoms with E-state index in [1.165, 1.54) is 10.8 Å². The number of nitrogens with zero attached hydrogens (tertiary/aromatic N) is 2. The molecule has 0 aliphatic carbocycles. The highest BCUT2D eigenvalue weighted by Crippen LogP contribution is 2.28. The lowest BCUT2D eigenvalue weighted by molar-refractivity contribution is 0.336. The van der Waals surface area contributed by atoms with E-state index < -0.39 is 0 Å². The molecule has 1 aromatic carbocycles. The van der Waals surface area contributed by atoms with Crippen LogP contribution in [-0.4, -0.2) is 23.3 Å². The number of ether oxygens (including phenoxy) is 2. The smallest absolute Gasteiger partial charge is 0.276 e. The van der Waals surface area contributed by atoms with E-state index in [2.05, 4.69) is 4.98 Å². The van der Waals surface area contributed by atoms with E-state index in [-0.39, 0.29) is 16.4 Å². The molecular weight excluding hydrogens is 280 g/mol. The van der Waals surface area contributed by atoms with Crippen LogP contribution in [0.1, 0.15) is 6.92 Å². The Bertz CT molecular complexity index is 683. The quantitative estimate of drug-likeness (QED) is 0.869. The van der Waals surface area contributed by atoms with Crippen molar-refractivity contribution >= 4 is 11.6 Å². The van der Waals surface area contributed by atoms with Crippen LogP contribution in [0.4, 0.5) is 0 Å². The Morgan fingerprint density at radius 3 is 2.65 bits per heavy atom. The zero-order valence-corrected chi connectivity index (χ0v) is 12.3. The van der Waals surface area contributed by atoms with Crippen molar-refractivity contribution in [1.29, 1.82) is 0 Å². The topological polar surface area (TPSA) is 53.4 Å². The summed E-state index contributed by atoms with van der Waals surface area (Å²) in [7, 11) is 3.18. The molecule has 0 saturated carbocycles. The number of hydrogen-bond acceptors (Lipinski definition) is 4. The van der Waals surface area contributed by atoms with Gasteiger partial charge in [0.1, 0.15) is 22.3 Å². The fourth-order valence-electron chi connectivity index (χ4n) is 1.83. The van der Waals surface area contributed by atoms with Gasteiger partial charge in [-0.25, -0.2) is 4.98 Å². The van der Waals surface area contributed by atoms with Crippen molar-refractivity contribution in [3.05, 3.63) is 39.9 Å². The van der Waals surface area contributed by atoms with Gasteiger partial charge in [-0.2, -0.15) is 0 Å². The van der Waals surface area contributed by atoms with Crippen LogP contribution in [0.5, 0.6) is 11.5 Å². The van der Waals surface area contributed by atoms with Crippen molar-refractivity contribution in [3.8, 4) is 22.8 Å². The van der Waals surface area contributed by atoms with Gasteiger partial charge >= 0.3 is 0 Å². The van der Waals surface area contributed by atoms with E-state index in [4.69, 9.17) is 21.1 Å². The number of halogens is 1. The van der Waals surface area contributed by atoms with Crippen molar-refractivity contribution in [2.24, 2.45) is 7.05 Å². The molecule has 0 saturated heterocycles. The Balaban J connectivity index is 2.62. The SMILES string of the molecule is CCOc1cc(OC)cc(-c2nc(Cl)cn(C)c2=O)c1. The number of methoxy groups -OCH3 is 1. The van der Waals surface area contributed by atoms with Crippen molar-refractivity contribution in [1.82, 2.24) is 9.55 Å². The van der Waals surface area contributed by atoms with Crippen LogP contribution >= 0.6 is 11.6 Å². The summed E-state index contributed by atoms with van der Waals surface area (Å²) in [4.78, 5) is 16.3. The number of hydrogen-bond donors (Lipinski definition) is 0. The first kappa shape index (κ1) is 14.4. The molecule has 0 N–H and O–H groups in total. The van der Waals surface area contributed by atoms with Gasteiger partial charge in [0, 0.05) is 24.9 Å². The highest BCUT2D eigenvalue weighted by atomic mass is 35.5. The van der Waals surface area contributed by atoms with Crippen LogP contribution in [0, 0.1) is 0 Å². The minimum Gasteiger partial charge on any atom is -0.497 e. The first-order valence-electron chi connectivity index (χ1n) is 6.10. The van der Waals surface area contributed by atoms with Crippen LogP contribution in [0.25, 0.3) is 11.3 Å². The monoisotopic (exact) mass is 294 g/mol. The normalized spacial score (nSPS) is 10.4. The van der Waals surface area contributed by atoms with Crippen molar-refractivity contribution in [2.45, 2.75) is 6.92 Å². The average molecular weight is 295 g/mol. The molecule has 0 spiro atoms. The molecule has 0 aliphatic heterocycles. The van der Waals surface area contributed by atoms with Crippen molar-refractivity contribution in [2.75, 3.05) is 13.7 Å². The average Bonchev–Trinajstić information content (AvgIpc) is 2.42. The van der Waals surface area contributed by atoms with Gasteiger partial charge in [0.25, 0.3) is 5.56 Å². The predicted molar refractivity (Wildman–Crippen MR) is 77.6 cm³/mol. The molecule has 20 heavy (non-hydrogen) atoms. The fourth-order valence-corrected chi connectivity index (χ4v) is 2.06. The van der Waals surface area contributed by atoms with Gasteiger partial charge in [0.15, 0.2) is 0 Å². The number of aromatic nitrogens is 2. The summed E-state index contributed by atoms with van der Waals surface area (Å²) in [6.45, 7) is 2.41. The summed E-state index contributed by atoms with van der Waals surface area (Å²) >= 11 is 5.91. The first-order valence-corrected chi connectivity index (χ1v) is 6.48. The maximum absolute atomic E-state index is 12.2. The van der Waals surface area contributed by atoms with E-state index in [0.717, 1.165) is 0 Å². The second kappa shape index (κ2) is 5.96. The molecule has 1 heterocycles. The highest BCUT2D eigenvalue weighted by molar-refractivity contribution is 6.29. The van der Waals surface area contributed by atoms with E-state index in [0.29, 0.717) is 23.7 Å². The summed E-state index contributed by atoms with van der Waals surface area (Å²) in [5.41, 5.74) is 0.640. The third-order valence-corrected chi connectivity index (χ3v) is 2.92. The number of benzene rings is 1. The van der Waals surface area contributed by atoms with Gasteiger partial charge in [-0.3, -0.25) is 4.79 Å². The van der Waals surface area contributed by atoms with Gasteiger partial charge in [0.2, 0.25) is 0 Å². The summed E-state index contributed by atoms with van der Waals surface area (Å²) in [5, 5.41) is 0.253. The molecule has 2 rings (SSSR count). The molecule has 1 aromatic heterocycles. The molecule has 0 aliphatic rings. The summed E-state index contributed by atoms with van der Waals surface area (Å²) in [6, 6.07) is 5.22. The van der Waals surface area contributed by atoms with E-state index in [1.807, 2.05) is 6.92 Å². The molecule has 2 aromatic rings. The first-order chi connectivity index (χ1) is 9.55. The van der Waals surface area contributed by atoms with Crippen LogP contribution in [0.15, 0.2) is 29.2 Å². The summed E-state index contributed by atoms with van der Waals surface area (Å²) in [5.74, 6) is 1.21. The third-order valence-electron chi connectivity index (χ3n) is 2.74. The Kier molecular flexibility index (Phi) is 4.29. The Labute approximate surface area is 121 Å². The molecule has 0 bridgehead atoms. The molecule has 0 unspecified atom stereocenters. The highest BCUT2D eigenvalue weighted by Gasteiger charge is 2.11. The maximum Gasteiger partial charge on any atom is 0.276 e. The molecule has 6 heteroatoms. The van der Waals surface area contributed by atoms with Gasteiger partial charge in [-0.1, -0.05) is 11.6 Å². The molecule has 0 atom stereocenters. The third kappa shape index (κ3) is 2.93. The van der Waals surface area contributed by atoms with E-state index in [9.17, 15) is 4.79 Å². The second-order valence-electron chi connectivity index (χ2n) is 4.16. The lowest BCUT2D eigenvalue weighted by atomic mass is 10.1. The molecule has 0 radical (unpaired) electrons. The largest absolute Gasteiger partial charge is 0.497 e. The van der Waals surface area contributed by atoms with Crippen molar-refractivity contribution in [3.63, 3.8) is 0 Å². The van der Waals surface area contributed by atoms with Crippen molar-refractivity contribution < 1.29 is 9.47 Å². The second-order valence-corrected chi connectivity index (χ2v) is 4.55. The molecule has 0 fully saturated rings. The maximum atomic E-state index is 12.2. The Hall–Kier alpha value is -2.01. The standard InChI is InChI=1S/C14H15ClN2O3/c1-4-20-11-6-9(5-10(7-11)19-3)13-14(18)17(2)8-12(15)16-13/h5-8H,4H2,1-3H3. The van der Waals surface area contributed by atoms with E-state index >= 15 is 0 Å². The van der Waals surface area contributed by atoms with Gasteiger partial charge in [-0.15, -0.1) is 0 Å². The zero-order chi connectivity index (χ0) is 14.7. The summed E-state index contributed by atoms with van der Waals surface area (Å²) in [6.07, 6.45) is 1.47. The minimum atomic E-state index is -0.231. The van der Waals surface area contributed by atoms with Crippen LogP contribution < -0.4 is 15.0 Å². The number of rotatable bonds is 4.